The third-order valence-corrected chi connectivity index (χ3v) is 0. The first-order valence-corrected chi connectivity index (χ1v) is 0.707. The molecule has 0 rings (SSSR count). The van der Waals surface area contributed by atoms with Gasteiger partial charge in [0.25, 0.3) is 0 Å². The molecule has 4 heavy (non-hydrogen) atoms. The van der Waals surface area contributed by atoms with Gasteiger partial charge >= 0.3 is 10.1 Å². The van der Waals surface area contributed by atoms with Crippen LogP contribution >= 0.6 is 0 Å². The second kappa shape index (κ2) is 99.3. The maximum Gasteiger partial charge on any atom is 2.00 e. The molecule has 0 radical (unpaired) electrons. The third-order valence-electron chi connectivity index (χ3n) is 0. The van der Waals surface area contributed by atoms with Crippen molar-refractivity contribution in [2.24, 2.45) is 0 Å². The van der Waals surface area contributed by atoms with Gasteiger partial charge in [0.1, 0.15) is 0 Å². The van der Waals surface area contributed by atoms with Crippen LogP contribution in [0.5, 0.6) is 0 Å². The zero-order chi connectivity index (χ0) is 2.00. The Hall–Kier alpha value is 0.459. The quantitative estimate of drug-likeness (QED) is 0.219. The number of halogens is 1. The molecular formula is C2H5BeCl. The summed E-state index contributed by atoms with van der Waals surface area (Å²) in [6.45, 7) is 5.00. The molecule has 0 aliphatic rings. The Bertz CT molecular complexity index is 6.00. The Labute approximate surface area is 37.2 Å². The van der Waals surface area contributed by atoms with Gasteiger partial charge in [-0.25, -0.2) is 0 Å². The molecule has 0 fully saturated rings. The van der Waals surface area contributed by atoms with Crippen LogP contribution in [0.1, 0.15) is 6.92 Å². The Morgan fingerprint density at radius 3 is 1.25 bits per heavy atom. The normalized spacial score (nSPS) is 1.50. The third kappa shape index (κ3) is 24.9. The fraction of sp³-hybridized carbons (Fsp3) is 0.500. The van der Waals surface area contributed by atoms with Gasteiger partial charge in [0, 0.05) is 0 Å². The summed E-state index contributed by atoms with van der Waals surface area (Å²) >= 11 is 0. The van der Waals surface area contributed by atoms with Gasteiger partial charge in [0.15, 0.2) is 0 Å². The van der Waals surface area contributed by atoms with Crippen molar-refractivity contribution in [2.75, 3.05) is 0 Å². The van der Waals surface area contributed by atoms with E-state index in [1.807, 2.05) is 0 Å². The average molecular weight is 73.5 g/mol. The summed E-state index contributed by atoms with van der Waals surface area (Å²) in [6, 6.07) is 0. The molecule has 0 saturated carbocycles. The van der Waals surface area contributed by atoms with Crippen molar-refractivity contribution in [3.8, 4) is 0 Å². The van der Waals surface area contributed by atoms with E-state index in [0.29, 0.717) is 0 Å². The summed E-state index contributed by atoms with van der Waals surface area (Å²) in [7, 11) is 0. The van der Waals surface area contributed by atoms with Gasteiger partial charge in [-0.15, -0.1) is 0 Å². The molecule has 0 amide bonds. The molecule has 0 aromatic carbocycles. The van der Waals surface area contributed by atoms with Crippen molar-refractivity contribution < 1.29 is 12.4 Å². The van der Waals surface area contributed by atoms with E-state index in [9.17, 15) is 0 Å². The molecule has 0 unspecified atom stereocenters. The van der Waals surface area contributed by atoms with Crippen LogP contribution in [-0.2, 0) is 0 Å². The largest absolute Gasteiger partial charge is 2.00 e. The first-order chi connectivity index (χ1) is 1.00. The summed E-state index contributed by atoms with van der Waals surface area (Å²) in [5.74, 6) is 0. The van der Waals surface area contributed by atoms with Crippen LogP contribution in [-0.4, -0.2) is 10.1 Å². The van der Waals surface area contributed by atoms with Gasteiger partial charge in [-0.1, -0.05) is 0 Å². The minimum absolute atomic E-state index is 0. The van der Waals surface area contributed by atoms with E-state index in [0.717, 1.165) is 0 Å². The smallest absolute Gasteiger partial charge is 1.00 e. The standard InChI is InChI=1S/C2H5.Be.ClH/c1-2;;/h1H2,2H3;;1H/q-1;+2;/p-1. The fourth-order valence-electron chi connectivity index (χ4n) is 0. The second-order valence-corrected chi connectivity index (χ2v) is 0. The summed E-state index contributed by atoms with van der Waals surface area (Å²) in [5.41, 5.74) is 0. The summed E-state index contributed by atoms with van der Waals surface area (Å²) in [4.78, 5) is 0. The topological polar surface area (TPSA) is 0 Å². The van der Waals surface area contributed by atoms with Gasteiger partial charge in [0.05, 0.1) is 0 Å². The van der Waals surface area contributed by atoms with Gasteiger partial charge in [-0.05, 0) is 0 Å². The summed E-state index contributed by atoms with van der Waals surface area (Å²) < 4.78 is 0. The van der Waals surface area contributed by atoms with E-state index in [4.69, 9.17) is 0 Å². The molecule has 0 atom stereocenters. The van der Waals surface area contributed by atoms with Gasteiger partial charge in [-0.3, -0.25) is 0 Å². The molecule has 0 nitrogen and oxygen atoms in total. The van der Waals surface area contributed by atoms with E-state index in [-0.39, 0.29) is 22.5 Å². The first-order valence-electron chi connectivity index (χ1n) is 0.707. The summed E-state index contributed by atoms with van der Waals surface area (Å²) in [6.07, 6.45) is 0. The van der Waals surface area contributed by atoms with Crippen LogP contribution in [0, 0.1) is 6.92 Å². The van der Waals surface area contributed by atoms with Crippen molar-refractivity contribution in [1.29, 1.82) is 0 Å². The SMILES string of the molecule is [Be+2].[CH2-]C.[Cl-]. The Balaban J connectivity index is -0.00000000500. The molecule has 0 aliphatic carbocycles. The van der Waals surface area contributed by atoms with Crippen molar-refractivity contribution in [3.05, 3.63) is 6.92 Å². The maximum absolute atomic E-state index is 3.25. The molecule has 0 aliphatic heterocycles. The molecule has 2 heteroatoms. The second-order valence-electron chi connectivity index (χ2n) is 0. The number of rotatable bonds is 0. The molecule has 22 valence electrons. The van der Waals surface area contributed by atoms with E-state index in [1.165, 1.54) is 0 Å². The van der Waals surface area contributed by atoms with Gasteiger partial charge < -0.3 is 19.3 Å². The summed E-state index contributed by atoms with van der Waals surface area (Å²) in [5, 5.41) is 0. The van der Waals surface area contributed by atoms with Crippen LogP contribution in [0.3, 0.4) is 0 Å². The van der Waals surface area contributed by atoms with Crippen molar-refractivity contribution in [2.45, 2.75) is 6.92 Å². The number of hydrogen-bond donors (Lipinski definition) is 0. The maximum atomic E-state index is 3.25. The first kappa shape index (κ1) is 25.1. The van der Waals surface area contributed by atoms with Gasteiger partial charge in [0.2, 0.25) is 0 Å². The van der Waals surface area contributed by atoms with Crippen LogP contribution in [0.15, 0.2) is 0 Å². The van der Waals surface area contributed by atoms with Crippen molar-refractivity contribution in [1.82, 2.24) is 0 Å². The molecule has 0 saturated heterocycles. The Morgan fingerprint density at radius 2 is 1.25 bits per heavy atom. The van der Waals surface area contributed by atoms with Crippen molar-refractivity contribution >= 4 is 10.1 Å². The minimum Gasteiger partial charge on any atom is -1.00 e. The molecule has 0 spiro atoms. The minimum atomic E-state index is 0. The van der Waals surface area contributed by atoms with Gasteiger partial charge in [-0.2, -0.15) is 6.92 Å². The monoisotopic (exact) mass is 73.0 g/mol. The molecule has 0 aromatic rings. The van der Waals surface area contributed by atoms with E-state index in [1.54, 1.807) is 6.92 Å². The van der Waals surface area contributed by atoms with Crippen LogP contribution < -0.4 is 12.4 Å². The fourth-order valence-corrected chi connectivity index (χ4v) is 0. The van der Waals surface area contributed by atoms with Crippen LogP contribution in [0.4, 0.5) is 0 Å². The van der Waals surface area contributed by atoms with E-state index in [2.05, 4.69) is 6.92 Å². The Morgan fingerprint density at radius 1 is 1.25 bits per heavy atom. The predicted octanol–water partition coefficient (Wildman–Crippen LogP) is -2.54. The predicted molar refractivity (Wildman–Crippen MR) is 16.8 cm³/mol. The molecule has 0 N–H and O–H groups in total. The van der Waals surface area contributed by atoms with Crippen LogP contribution in [0.2, 0.25) is 0 Å². The van der Waals surface area contributed by atoms with E-state index >= 15 is 0 Å². The zero-order valence-corrected chi connectivity index (χ0v) is 3.55. The molecule has 0 heterocycles. The van der Waals surface area contributed by atoms with Crippen LogP contribution in [0.25, 0.3) is 0 Å². The molecular weight excluding hydrogens is 68.5 g/mol. The molecule has 0 bridgehead atoms. The zero-order valence-electron chi connectivity index (χ0n) is 2.79. The Kier molecular flexibility index (Phi) is 622. The number of hydrogen-bond acceptors (Lipinski definition) is 0. The molecule has 0 aromatic heterocycles. The average Bonchev–Trinajstić information content (AvgIpc) is 1.00. The van der Waals surface area contributed by atoms with Crippen molar-refractivity contribution in [3.63, 3.8) is 0 Å². The van der Waals surface area contributed by atoms with E-state index < -0.39 is 0 Å².